The summed E-state index contributed by atoms with van der Waals surface area (Å²) in [5.41, 5.74) is -1.25. The summed E-state index contributed by atoms with van der Waals surface area (Å²) in [5.74, 6) is -0.0587. The zero-order chi connectivity index (χ0) is 35.6. The van der Waals surface area contributed by atoms with Crippen LogP contribution in [-0.2, 0) is 19.0 Å². The van der Waals surface area contributed by atoms with Gasteiger partial charge in [-0.2, -0.15) is 13.2 Å². The predicted molar refractivity (Wildman–Crippen MR) is 190 cm³/mol. The highest BCUT2D eigenvalue weighted by Gasteiger charge is 2.38. The van der Waals surface area contributed by atoms with Crippen molar-refractivity contribution in [3.63, 3.8) is 0 Å². The Kier molecular flexibility index (Phi) is 7.56. The molecule has 0 unspecified atom stereocenters. The van der Waals surface area contributed by atoms with Crippen LogP contribution in [0.5, 0.6) is 0 Å². The molecular weight excluding hydrogens is 680 g/mol. The third-order valence-electron chi connectivity index (χ3n) is 8.85. The second-order valence-corrected chi connectivity index (χ2v) is 12.8. The van der Waals surface area contributed by atoms with Gasteiger partial charge in [0, 0.05) is 18.9 Å². The molecule has 8 aromatic rings. The normalized spacial score (nSPS) is 12.0. The van der Waals surface area contributed by atoms with E-state index in [4.69, 9.17) is 4.98 Å². The summed E-state index contributed by atoms with van der Waals surface area (Å²) in [6, 6.07) is 28.9. The number of aromatic nitrogens is 7. The van der Waals surface area contributed by atoms with Crippen molar-refractivity contribution in [2.75, 3.05) is 0 Å². The molecule has 51 heavy (non-hydrogen) atoms. The molecule has 4 aromatic heterocycles. The Morgan fingerprint density at radius 1 is 0.804 bits per heavy atom. The summed E-state index contributed by atoms with van der Waals surface area (Å²) >= 11 is 1.04. The van der Waals surface area contributed by atoms with Gasteiger partial charge in [-0.25, -0.2) is 23.7 Å². The first-order valence-electron chi connectivity index (χ1n) is 15.7. The second kappa shape index (κ2) is 12.0. The molecule has 4 heterocycles. The SMILES string of the molecule is Cc1c(-n2c(SCc3cc(=O)n4[nH]c(C(F)(F)F)c(-c5cccc6ccccc56)c4n3)nc3ccccc3c2=O)c(=O)n(-c2ccccc2)n1C. The van der Waals surface area contributed by atoms with Crippen molar-refractivity contribution in [1.29, 1.82) is 0 Å². The van der Waals surface area contributed by atoms with Crippen LogP contribution in [0.1, 0.15) is 17.1 Å². The van der Waals surface area contributed by atoms with E-state index < -0.39 is 28.5 Å². The molecule has 0 atom stereocenters. The molecule has 0 aliphatic rings. The van der Waals surface area contributed by atoms with Crippen molar-refractivity contribution in [2.24, 2.45) is 7.05 Å². The van der Waals surface area contributed by atoms with Crippen LogP contribution in [0.25, 0.3) is 49.8 Å². The minimum absolute atomic E-state index is 0.0587. The van der Waals surface area contributed by atoms with Crippen LogP contribution < -0.4 is 16.7 Å². The van der Waals surface area contributed by atoms with Gasteiger partial charge in [-0.3, -0.25) is 24.2 Å². The third kappa shape index (κ3) is 5.26. The lowest BCUT2D eigenvalue weighted by molar-refractivity contribution is -0.140. The summed E-state index contributed by atoms with van der Waals surface area (Å²) < 4.78 is 48.7. The molecule has 0 bridgehead atoms. The summed E-state index contributed by atoms with van der Waals surface area (Å²) in [6.45, 7) is 1.72. The number of benzene rings is 4. The highest BCUT2D eigenvalue weighted by Crippen LogP contribution is 2.40. The smallest absolute Gasteiger partial charge is 0.284 e. The number of fused-ring (bicyclic) bond motifs is 3. The van der Waals surface area contributed by atoms with E-state index in [1.807, 2.05) is 6.07 Å². The number of alkyl halides is 3. The van der Waals surface area contributed by atoms with Crippen LogP contribution in [-0.4, -0.2) is 33.5 Å². The molecule has 8 rings (SSSR count). The minimum atomic E-state index is -4.83. The topological polar surface area (TPSA) is 112 Å². The Morgan fingerprint density at radius 2 is 1.49 bits per heavy atom. The number of hydrogen-bond donors (Lipinski definition) is 1. The quantitative estimate of drug-likeness (QED) is 0.153. The lowest BCUT2D eigenvalue weighted by Gasteiger charge is -2.12. The molecule has 0 saturated heterocycles. The van der Waals surface area contributed by atoms with Gasteiger partial charge in [0.05, 0.1) is 33.5 Å². The first kappa shape index (κ1) is 32.1. The number of nitrogens with one attached hydrogen (secondary N) is 1. The molecule has 0 amide bonds. The number of hydrogen-bond acceptors (Lipinski definition) is 6. The van der Waals surface area contributed by atoms with Crippen LogP contribution in [0.2, 0.25) is 0 Å². The highest BCUT2D eigenvalue weighted by atomic mass is 32.2. The predicted octanol–water partition coefficient (Wildman–Crippen LogP) is 6.65. The van der Waals surface area contributed by atoms with Crippen LogP contribution in [0, 0.1) is 6.92 Å². The van der Waals surface area contributed by atoms with E-state index in [1.54, 1.807) is 110 Å². The lowest BCUT2D eigenvalue weighted by atomic mass is 9.98. The van der Waals surface area contributed by atoms with Crippen LogP contribution >= 0.6 is 11.8 Å². The molecule has 14 heteroatoms. The van der Waals surface area contributed by atoms with Gasteiger partial charge >= 0.3 is 6.18 Å². The van der Waals surface area contributed by atoms with Gasteiger partial charge in [-0.1, -0.05) is 84.6 Å². The molecule has 0 aliphatic carbocycles. The maximum Gasteiger partial charge on any atom is 0.433 e. The molecule has 4 aromatic carbocycles. The minimum Gasteiger partial charge on any atom is -0.284 e. The molecule has 0 aliphatic heterocycles. The molecular formula is C37H26F3N7O3S. The first-order chi connectivity index (χ1) is 24.5. The number of halogens is 3. The van der Waals surface area contributed by atoms with Crippen LogP contribution in [0.4, 0.5) is 13.2 Å². The number of para-hydroxylation sites is 2. The third-order valence-corrected chi connectivity index (χ3v) is 9.83. The van der Waals surface area contributed by atoms with Gasteiger partial charge in [-0.15, -0.1) is 0 Å². The van der Waals surface area contributed by atoms with E-state index in [0.29, 0.717) is 27.7 Å². The summed E-state index contributed by atoms with van der Waals surface area (Å²) in [6.07, 6.45) is -4.83. The van der Waals surface area contributed by atoms with Crippen molar-refractivity contribution in [1.82, 2.24) is 33.5 Å². The van der Waals surface area contributed by atoms with Crippen LogP contribution in [0.15, 0.2) is 123 Å². The fourth-order valence-electron chi connectivity index (χ4n) is 6.42. The van der Waals surface area contributed by atoms with Gasteiger partial charge in [-0.05, 0) is 47.5 Å². The van der Waals surface area contributed by atoms with Crippen LogP contribution in [0.3, 0.4) is 0 Å². The molecule has 0 fully saturated rings. The molecule has 1 N–H and O–H groups in total. The summed E-state index contributed by atoms with van der Waals surface area (Å²) in [5, 5.41) is 3.96. The Morgan fingerprint density at radius 3 is 2.25 bits per heavy atom. The van der Waals surface area contributed by atoms with E-state index >= 15 is 0 Å². The second-order valence-electron chi connectivity index (χ2n) is 11.9. The Balaban J connectivity index is 1.29. The first-order valence-corrected chi connectivity index (χ1v) is 16.7. The van der Waals surface area contributed by atoms with Gasteiger partial charge < -0.3 is 0 Å². The van der Waals surface area contributed by atoms with E-state index in [2.05, 4.69) is 10.1 Å². The fraction of sp³-hybridized carbons (Fsp3) is 0.108. The largest absolute Gasteiger partial charge is 0.433 e. The summed E-state index contributed by atoms with van der Waals surface area (Å²) in [4.78, 5) is 50.9. The molecule has 254 valence electrons. The van der Waals surface area contributed by atoms with Crippen molar-refractivity contribution in [3.05, 3.63) is 151 Å². The molecule has 0 saturated carbocycles. The van der Waals surface area contributed by atoms with Crippen molar-refractivity contribution in [2.45, 2.75) is 24.0 Å². The summed E-state index contributed by atoms with van der Waals surface area (Å²) in [7, 11) is 1.71. The van der Waals surface area contributed by atoms with Crippen molar-refractivity contribution >= 4 is 39.1 Å². The number of H-pyrrole nitrogens is 1. The highest BCUT2D eigenvalue weighted by molar-refractivity contribution is 7.98. The standard InChI is InChI=1S/C37H26F3N7O3S/c1-21-31(35(50)47(44(21)2)24-13-4-3-5-14-24)45-34(49)27-16-8-9-18-28(27)42-36(45)51-20-23-19-29(48)46-33(41-23)30(32(43-46)37(38,39)40)26-17-10-12-22-11-6-7-15-25(22)26/h3-19,43H,20H2,1-2H3. The van der Waals surface area contributed by atoms with Gasteiger partial charge in [0.2, 0.25) is 0 Å². The molecule has 0 spiro atoms. The van der Waals surface area contributed by atoms with Gasteiger partial charge in [0.1, 0.15) is 11.4 Å². The molecule has 0 radical (unpaired) electrons. The van der Waals surface area contributed by atoms with E-state index in [1.165, 1.54) is 9.25 Å². The van der Waals surface area contributed by atoms with E-state index in [9.17, 15) is 27.6 Å². The van der Waals surface area contributed by atoms with E-state index in [0.717, 1.165) is 27.7 Å². The van der Waals surface area contributed by atoms with Crippen molar-refractivity contribution in [3.8, 4) is 22.5 Å². The lowest BCUT2D eigenvalue weighted by Crippen LogP contribution is -2.28. The van der Waals surface area contributed by atoms with Gasteiger partial charge in [0.15, 0.2) is 10.8 Å². The Labute approximate surface area is 290 Å². The average Bonchev–Trinajstić information content (AvgIpc) is 3.62. The number of nitrogens with zero attached hydrogens (tertiary/aromatic N) is 6. The van der Waals surface area contributed by atoms with E-state index in [-0.39, 0.29) is 39.1 Å². The zero-order valence-corrected chi connectivity index (χ0v) is 27.8. The maximum absolute atomic E-state index is 14.5. The van der Waals surface area contributed by atoms with Crippen molar-refractivity contribution < 1.29 is 13.2 Å². The van der Waals surface area contributed by atoms with Gasteiger partial charge in [0.25, 0.3) is 16.7 Å². The maximum atomic E-state index is 14.5. The number of rotatable bonds is 6. The fourth-order valence-corrected chi connectivity index (χ4v) is 7.31. The monoisotopic (exact) mass is 705 g/mol. The Bertz CT molecular complexity index is 2850. The molecule has 10 nitrogen and oxygen atoms in total. The number of thioether (sulfide) groups is 1. The zero-order valence-electron chi connectivity index (χ0n) is 27.0. The average molecular weight is 706 g/mol. The number of aromatic amines is 1. The Hall–Kier alpha value is -6.15.